The summed E-state index contributed by atoms with van der Waals surface area (Å²) in [6.45, 7) is 0. The van der Waals surface area contributed by atoms with Gasteiger partial charge in [-0.1, -0.05) is 32.1 Å². The number of carbonyl (C=O) groups is 2. The zero-order chi connectivity index (χ0) is 14.8. The number of aliphatic carboxylic acids is 1. The standard InChI is InChI=1S/C15H27NO3S/c1-20-11-10-13(15(18)19)16-14(17)9-5-8-12-6-3-2-4-7-12/h12-13H,2-11H2,1H3,(H,16,17)(H,18,19). The zero-order valence-electron chi connectivity index (χ0n) is 12.4. The molecule has 1 saturated carbocycles. The van der Waals surface area contributed by atoms with Crippen LogP contribution in [0.4, 0.5) is 0 Å². The fourth-order valence-corrected chi connectivity index (χ4v) is 3.26. The van der Waals surface area contributed by atoms with E-state index in [9.17, 15) is 9.59 Å². The van der Waals surface area contributed by atoms with Crippen molar-refractivity contribution in [1.29, 1.82) is 0 Å². The van der Waals surface area contributed by atoms with E-state index in [1.165, 1.54) is 32.1 Å². The lowest BCUT2D eigenvalue weighted by molar-refractivity contribution is -0.141. The monoisotopic (exact) mass is 301 g/mol. The molecule has 0 bridgehead atoms. The number of amides is 1. The van der Waals surface area contributed by atoms with Crippen LogP contribution in [-0.4, -0.2) is 35.0 Å². The smallest absolute Gasteiger partial charge is 0.326 e. The molecule has 0 aromatic carbocycles. The van der Waals surface area contributed by atoms with Gasteiger partial charge in [-0.15, -0.1) is 0 Å². The summed E-state index contributed by atoms with van der Waals surface area (Å²) in [6, 6.07) is -0.732. The van der Waals surface area contributed by atoms with E-state index < -0.39 is 12.0 Å². The Balaban J connectivity index is 2.18. The van der Waals surface area contributed by atoms with Crippen molar-refractivity contribution < 1.29 is 14.7 Å². The first kappa shape index (κ1) is 17.3. The highest BCUT2D eigenvalue weighted by molar-refractivity contribution is 7.98. The van der Waals surface area contributed by atoms with Crippen molar-refractivity contribution in [2.75, 3.05) is 12.0 Å². The third kappa shape index (κ3) is 7.17. The minimum atomic E-state index is -0.931. The normalized spacial score (nSPS) is 17.6. The van der Waals surface area contributed by atoms with Crippen LogP contribution in [0.3, 0.4) is 0 Å². The number of carboxylic acid groups (broad SMARTS) is 1. The highest BCUT2D eigenvalue weighted by atomic mass is 32.2. The first-order chi connectivity index (χ1) is 9.63. The molecule has 4 nitrogen and oxygen atoms in total. The molecule has 5 heteroatoms. The fraction of sp³-hybridized carbons (Fsp3) is 0.867. The molecular formula is C15H27NO3S. The lowest BCUT2D eigenvalue weighted by atomic mass is 9.86. The summed E-state index contributed by atoms with van der Waals surface area (Å²) in [4.78, 5) is 22.8. The van der Waals surface area contributed by atoms with Gasteiger partial charge >= 0.3 is 5.97 Å². The number of carboxylic acids is 1. The van der Waals surface area contributed by atoms with Gasteiger partial charge in [-0.2, -0.15) is 11.8 Å². The molecule has 1 fully saturated rings. The van der Waals surface area contributed by atoms with Crippen LogP contribution in [0.1, 0.15) is 57.8 Å². The van der Waals surface area contributed by atoms with Crippen molar-refractivity contribution in [2.45, 2.75) is 63.8 Å². The molecule has 1 unspecified atom stereocenters. The van der Waals surface area contributed by atoms with Gasteiger partial charge < -0.3 is 10.4 Å². The second kappa shape index (κ2) is 10.1. The van der Waals surface area contributed by atoms with Gasteiger partial charge in [0.15, 0.2) is 0 Å². The summed E-state index contributed by atoms with van der Waals surface area (Å²) in [5, 5.41) is 11.7. The predicted molar refractivity (Wildman–Crippen MR) is 83.0 cm³/mol. The van der Waals surface area contributed by atoms with Crippen LogP contribution in [0.15, 0.2) is 0 Å². The van der Waals surface area contributed by atoms with E-state index in [0.717, 1.165) is 24.5 Å². The Kier molecular flexibility index (Phi) is 8.74. The molecule has 0 heterocycles. The van der Waals surface area contributed by atoms with Crippen molar-refractivity contribution in [2.24, 2.45) is 5.92 Å². The van der Waals surface area contributed by atoms with Gasteiger partial charge in [-0.05, 0) is 37.2 Å². The van der Waals surface area contributed by atoms with Gasteiger partial charge in [-0.25, -0.2) is 4.79 Å². The first-order valence-electron chi connectivity index (χ1n) is 7.64. The summed E-state index contributed by atoms with van der Waals surface area (Å²) in [6.07, 6.45) is 11.5. The Morgan fingerprint density at radius 2 is 2.00 bits per heavy atom. The van der Waals surface area contributed by atoms with Crippen molar-refractivity contribution >= 4 is 23.6 Å². The van der Waals surface area contributed by atoms with Crippen LogP contribution >= 0.6 is 11.8 Å². The van der Waals surface area contributed by atoms with E-state index in [4.69, 9.17) is 5.11 Å². The van der Waals surface area contributed by atoms with E-state index in [1.54, 1.807) is 11.8 Å². The van der Waals surface area contributed by atoms with E-state index in [2.05, 4.69) is 5.32 Å². The lowest BCUT2D eigenvalue weighted by Gasteiger charge is -2.21. The average Bonchev–Trinajstić information content (AvgIpc) is 2.44. The molecule has 0 aromatic rings. The summed E-state index contributed by atoms with van der Waals surface area (Å²) < 4.78 is 0. The Hall–Kier alpha value is -0.710. The maximum absolute atomic E-state index is 11.8. The Bertz CT molecular complexity index is 303. The summed E-state index contributed by atoms with van der Waals surface area (Å²) in [7, 11) is 0. The minimum Gasteiger partial charge on any atom is -0.480 e. The third-order valence-electron chi connectivity index (χ3n) is 3.98. The van der Waals surface area contributed by atoms with Gasteiger partial charge in [-0.3, -0.25) is 4.79 Å². The second-order valence-corrected chi connectivity index (χ2v) is 6.62. The third-order valence-corrected chi connectivity index (χ3v) is 4.63. The molecule has 0 saturated heterocycles. The SMILES string of the molecule is CSCCC(NC(=O)CCCC1CCCCC1)C(=O)O. The second-order valence-electron chi connectivity index (χ2n) is 5.64. The number of hydrogen-bond donors (Lipinski definition) is 2. The van der Waals surface area contributed by atoms with Crippen molar-refractivity contribution in [1.82, 2.24) is 5.32 Å². The Morgan fingerprint density at radius 3 is 2.60 bits per heavy atom. The number of carbonyl (C=O) groups excluding carboxylic acids is 1. The molecule has 1 atom stereocenters. The molecule has 1 rings (SSSR count). The summed E-state index contributed by atoms with van der Waals surface area (Å²) in [5.74, 6) is 0.483. The largest absolute Gasteiger partial charge is 0.480 e. The van der Waals surface area contributed by atoms with Crippen LogP contribution in [0.25, 0.3) is 0 Å². The van der Waals surface area contributed by atoms with Gasteiger partial charge in [0.1, 0.15) is 6.04 Å². The molecule has 2 N–H and O–H groups in total. The van der Waals surface area contributed by atoms with Crippen LogP contribution in [-0.2, 0) is 9.59 Å². The minimum absolute atomic E-state index is 0.116. The summed E-state index contributed by atoms with van der Waals surface area (Å²) in [5.41, 5.74) is 0. The van der Waals surface area contributed by atoms with E-state index in [0.29, 0.717) is 12.8 Å². The highest BCUT2D eigenvalue weighted by Gasteiger charge is 2.19. The van der Waals surface area contributed by atoms with E-state index >= 15 is 0 Å². The van der Waals surface area contributed by atoms with Crippen molar-refractivity contribution in [3.63, 3.8) is 0 Å². The quantitative estimate of drug-likeness (QED) is 0.687. The molecule has 0 radical (unpaired) electrons. The Morgan fingerprint density at radius 1 is 1.30 bits per heavy atom. The first-order valence-corrected chi connectivity index (χ1v) is 9.04. The molecule has 20 heavy (non-hydrogen) atoms. The number of hydrogen-bond acceptors (Lipinski definition) is 3. The Labute approximate surface area is 126 Å². The average molecular weight is 301 g/mol. The molecule has 116 valence electrons. The van der Waals surface area contributed by atoms with Crippen LogP contribution < -0.4 is 5.32 Å². The number of rotatable bonds is 9. The molecule has 1 amide bonds. The predicted octanol–water partition coefficient (Wildman–Crippen LogP) is 3.06. The van der Waals surface area contributed by atoms with E-state index in [1.807, 2.05) is 6.26 Å². The van der Waals surface area contributed by atoms with Crippen LogP contribution in [0.5, 0.6) is 0 Å². The highest BCUT2D eigenvalue weighted by Crippen LogP contribution is 2.27. The lowest BCUT2D eigenvalue weighted by Crippen LogP contribution is -2.41. The summed E-state index contributed by atoms with van der Waals surface area (Å²) >= 11 is 1.60. The van der Waals surface area contributed by atoms with Gasteiger partial charge in [0.25, 0.3) is 0 Å². The maximum Gasteiger partial charge on any atom is 0.326 e. The number of nitrogens with one attached hydrogen (secondary N) is 1. The zero-order valence-corrected chi connectivity index (χ0v) is 13.2. The van der Waals surface area contributed by atoms with Crippen LogP contribution in [0, 0.1) is 5.92 Å². The molecule has 0 aromatic heterocycles. The topological polar surface area (TPSA) is 66.4 Å². The van der Waals surface area contributed by atoms with E-state index in [-0.39, 0.29) is 5.91 Å². The fourth-order valence-electron chi connectivity index (χ4n) is 2.79. The van der Waals surface area contributed by atoms with Gasteiger partial charge in [0.2, 0.25) is 5.91 Å². The van der Waals surface area contributed by atoms with Gasteiger partial charge in [0, 0.05) is 6.42 Å². The molecule has 0 spiro atoms. The maximum atomic E-state index is 11.8. The molecule has 1 aliphatic carbocycles. The van der Waals surface area contributed by atoms with Gasteiger partial charge in [0.05, 0.1) is 0 Å². The van der Waals surface area contributed by atoms with Crippen LogP contribution in [0.2, 0.25) is 0 Å². The molecule has 1 aliphatic rings. The molecular weight excluding hydrogens is 274 g/mol. The number of thioether (sulfide) groups is 1. The van der Waals surface area contributed by atoms with Crippen molar-refractivity contribution in [3.05, 3.63) is 0 Å². The molecule has 0 aliphatic heterocycles. The van der Waals surface area contributed by atoms with Crippen molar-refractivity contribution in [3.8, 4) is 0 Å².